The van der Waals surface area contributed by atoms with Gasteiger partial charge < -0.3 is 23.8 Å². The minimum Gasteiger partial charge on any atom is -0.473 e. The van der Waals surface area contributed by atoms with Gasteiger partial charge in [-0.1, -0.05) is 0 Å². The molecule has 2 aromatic heterocycles. The van der Waals surface area contributed by atoms with E-state index in [4.69, 9.17) is 14.2 Å². The van der Waals surface area contributed by atoms with Gasteiger partial charge in [0.1, 0.15) is 18.2 Å². The maximum Gasteiger partial charge on any atom is 0.574 e. The molecular weight excluding hydrogens is 519 g/mol. The lowest BCUT2D eigenvalue weighted by Gasteiger charge is -2.44. The average Bonchev–Trinajstić information content (AvgIpc) is 3.42. The zero-order valence-electron chi connectivity index (χ0n) is 19.5. The molecule has 2 saturated heterocycles. The molecule has 38 heavy (non-hydrogen) atoms. The molecule has 0 saturated carbocycles. The van der Waals surface area contributed by atoms with E-state index in [9.17, 15) is 26.7 Å². The average molecular weight is 538 g/mol. The second-order valence-corrected chi connectivity index (χ2v) is 9.27. The summed E-state index contributed by atoms with van der Waals surface area (Å²) in [6.07, 6.45) is -2.28. The minimum absolute atomic E-state index is 0.0112. The van der Waals surface area contributed by atoms with Crippen LogP contribution in [-0.2, 0) is 17.9 Å². The highest BCUT2D eigenvalue weighted by molar-refractivity contribution is 5.50. The van der Waals surface area contributed by atoms with Gasteiger partial charge >= 0.3 is 12.1 Å². The van der Waals surface area contributed by atoms with Crippen LogP contribution in [0.4, 0.5) is 27.8 Å². The van der Waals surface area contributed by atoms with Crippen LogP contribution in [0.3, 0.4) is 0 Å². The lowest BCUT2D eigenvalue weighted by Crippen LogP contribution is -2.54. The number of pyridine rings is 1. The van der Waals surface area contributed by atoms with E-state index in [0.29, 0.717) is 25.5 Å². The summed E-state index contributed by atoms with van der Waals surface area (Å²) in [5, 5.41) is 0. The summed E-state index contributed by atoms with van der Waals surface area (Å²) in [5.74, 6) is -3.56. The van der Waals surface area contributed by atoms with E-state index in [1.807, 2.05) is 0 Å². The number of halogens is 5. The Hall–Kier alpha value is -3.94. The second kappa shape index (κ2) is 8.82. The van der Waals surface area contributed by atoms with Crippen LogP contribution >= 0.6 is 0 Å². The minimum atomic E-state index is -4.99. The van der Waals surface area contributed by atoms with Crippen molar-refractivity contribution < 1.29 is 40.9 Å². The summed E-state index contributed by atoms with van der Waals surface area (Å²) in [6, 6.07) is 5.39. The topological polar surface area (TPSA) is 87.9 Å². The van der Waals surface area contributed by atoms with Crippen molar-refractivity contribution in [3.05, 3.63) is 64.2 Å². The number of hydrogen-bond acceptors (Lipinski definition) is 8. The molecule has 0 aliphatic carbocycles. The summed E-state index contributed by atoms with van der Waals surface area (Å²) in [7, 11) is 0. The van der Waals surface area contributed by atoms with Crippen LogP contribution in [0.1, 0.15) is 18.4 Å². The molecule has 1 aromatic carbocycles. The monoisotopic (exact) mass is 538 g/mol. The summed E-state index contributed by atoms with van der Waals surface area (Å²) >= 11 is 0. The Morgan fingerprint density at radius 2 is 1.92 bits per heavy atom. The van der Waals surface area contributed by atoms with Gasteiger partial charge in [-0.2, -0.15) is 4.98 Å². The molecular formula is C24H19F5N4O5. The molecule has 0 N–H and O–H groups in total. The second-order valence-electron chi connectivity index (χ2n) is 9.27. The Morgan fingerprint density at radius 1 is 1.13 bits per heavy atom. The third kappa shape index (κ3) is 4.48. The molecule has 3 aliphatic heterocycles. The highest BCUT2D eigenvalue weighted by Gasteiger charge is 2.54. The molecule has 0 radical (unpaired) electrons. The molecule has 2 atom stereocenters. The van der Waals surface area contributed by atoms with Crippen molar-refractivity contribution in [3.8, 4) is 23.3 Å². The highest BCUT2D eigenvalue weighted by Crippen LogP contribution is 2.46. The van der Waals surface area contributed by atoms with Gasteiger partial charge in [0, 0.05) is 37.8 Å². The van der Waals surface area contributed by atoms with Gasteiger partial charge in [-0.15, -0.1) is 13.2 Å². The highest BCUT2D eigenvalue weighted by atomic mass is 19.4. The number of aromatic nitrogens is 3. The summed E-state index contributed by atoms with van der Waals surface area (Å²) in [6.45, 7) is 1.45. The van der Waals surface area contributed by atoms with Gasteiger partial charge in [0.2, 0.25) is 11.8 Å². The molecule has 0 amide bonds. The summed E-state index contributed by atoms with van der Waals surface area (Å²) in [4.78, 5) is 22.1. The van der Waals surface area contributed by atoms with Gasteiger partial charge in [0.25, 0.3) is 0 Å². The van der Waals surface area contributed by atoms with Crippen LogP contribution in [0.2, 0.25) is 0 Å². The number of alkyl halides is 3. The number of hydrogen-bond donors (Lipinski definition) is 0. The van der Waals surface area contributed by atoms with Crippen LogP contribution in [0.15, 0.2) is 41.3 Å². The number of anilines is 1. The predicted molar refractivity (Wildman–Crippen MR) is 119 cm³/mol. The van der Waals surface area contributed by atoms with Crippen molar-refractivity contribution in [2.24, 2.45) is 0 Å². The molecule has 2 fully saturated rings. The van der Waals surface area contributed by atoms with E-state index in [0.717, 1.165) is 43.3 Å². The number of nitrogens with zero attached hydrogens (tertiary/aromatic N) is 4. The fourth-order valence-corrected chi connectivity index (χ4v) is 5.16. The number of fused-ring (bicyclic) bond motifs is 3. The van der Waals surface area contributed by atoms with Gasteiger partial charge in [-0.3, -0.25) is 4.57 Å². The Morgan fingerprint density at radius 3 is 2.66 bits per heavy atom. The van der Waals surface area contributed by atoms with E-state index >= 15 is 0 Å². The van der Waals surface area contributed by atoms with Crippen LogP contribution in [0, 0.1) is 11.6 Å². The van der Waals surface area contributed by atoms with Gasteiger partial charge in [-0.25, -0.2) is 18.6 Å². The third-order valence-corrected chi connectivity index (χ3v) is 6.79. The molecule has 1 spiro atoms. The molecule has 3 aliphatic rings. The molecule has 200 valence electrons. The number of ether oxygens (including phenoxy) is 4. The normalized spacial score (nSPS) is 21.7. The Bertz CT molecular complexity index is 1440. The standard InChI is InChI=1S/C24H19F5N4O5/c25-16-5-13(6-17(26)21(16)37-14-1-3-30-18(7-14)38-24(27,28)29)11-35-19-8-20-32(22(34)31-19)4-2-23-9-15(36-12-23)10-33(20)23/h1,3,5-8,15H,2,4,9-12H2/t15-,23-/m0/s1. The Kier molecular flexibility index (Phi) is 5.67. The van der Waals surface area contributed by atoms with Crippen LogP contribution < -0.4 is 24.8 Å². The van der Waals surface area contributed by atoms with Crippen molar-refractivity contribution in [2.45, 2.75) is 44.0 Å². The number of benzene rings is 1. The first-order valence-corrected chi connectivity index (χ1v) is 11.6. The van der Waals surface area contributed by atoms with Crippen molar-refractivity contribution >= 4 is 5.82 Å². The first-order valence-electron chi connectivity index (χ1n) is 11.6. The van der Waals surface area contributed by atoms with Crippen molar-refractivity contribution in [2.75, 3.05) is 18.1 Å². The molecule has 5 heterocycles. The zero-order chi connectivity index (χ0) is 26.7. The molecule has 6 rings (SSSR count). The molecule has 9 nitrogen and oxygen atoms in total. The Balaban J connectivity index is 1.18. The van der Waals surface area contributed by atoms with Crippen LogP contribution in [0.5, 0.6) is 23.3 Å². The first kappa shape index (κ1) is 24.4. The zero-order valence-corrected chi connectivity index (χ0v) is 19.5. The van der Waals surface area contributed by atoms with E-state index in [-0.39, 0.29) is 35.4 Å². The lowest BCUT2D eigenvalue weighted by molar-refractivity contribution is -0.276. The van der Waals surface area contributed by atoms with E-state index < -0.39 is 35.3 Å². The van der Waals surface area contributed by atoms with E-state index in [1.54, 1.807) is 10.6 Å². The summed E-state index contributed by atoms with van der Waals surface area (Å²) in [5.41, 5.74) is -0.553. The first-order chi connectivity index (χ1) is 18.1. The number of morpholine rings is 1. The maximum atomic E-state index is 14.7. The van der Waals surface area contributed by atoms with Crippen molar-refractivity contribution in [3.63, 3.8) is 0 Å². The largest absolute Gasteiger partial charge is 0.574 e. The quantitative estimate of drug-likeness (QED) is 0.437. The fraction of sp³-hybridized carbons (Fsp3) is 0.375. The fourth-order valence-electron chi connectivity index (χ4n) is 5.16. The third-order valence-electron chi connectivity index (χ3n) is 6.79. The van der Waals surface area contributed by atoms with Crippen molar-refractivity contribution in [1.29, 1.82) is 0 Å². The molecule has 2 bridgehead atoms. The SMILES string of the molecule is O=c1nc(OCc2cc(F)c(Oc3ccnc(OC(F)(F)F)c3)c(F)c2)cc2n1CC[C@]13CO[C@H](CN21)C3. The molecule has 0 unspecified atom stereocenters. The summed E-state index contributed by atoms with van der Waals surface area (Å²) < 4.78 is 88.3. The van der Waals surface area contributed by atoms with Gasteiger partial charge in [0.05, 0.1) is 18.2 Å². The van der Waals surface area contributed by atoms with Crippen LogP contribution in [-0.4, -0.2) is 45.7 Å². The van der Waals surface area contributed by atoms with Gasteiger partial charge in [-0.05, 0) is 30.2 Å². The predicted octanol–water partition coefficient (Wildman–Crippen LogP) is 3.94. The maximum absolute atomic E-state index is 14.7. The van der Waals surface area contributed by atoms with Crippen LogP contribution in [0.25, 0.3) is 0 Å². The smallest absolute Gasteiger partial charge is 0.473 e. The molecule has 14 heteroatoms. The van der Waals surface area contributed by atoms with Crippen molar-refractivity contribution in [1.82, 2.24) is 14.5 Å². The Labute approximate surface area is 211 Å². The van der Waals surface area contributed by atoms with Gasteiger partial charge in [0.15, 0.2) is 17.4 Å². The van der Waals surface area contributed by atoms with E-state index in [1.165, 1.54) is 0 Å². The van der Waals surface area contributed by atoms with E-state index in [2.05, 4.69) is 19.6 Å². The molecule has 3 aromatic rings. The lowest BCUT2D eigenvalue weighted by atomic mass is 9.92. The number of rotatable bonds is 6.